The second-order valence-corrected chi connectivity index (χ2v) is 5.91. The van der Waals surface area contributed by atoms with Crippen molar-refractivity contribution in [3.05, 3.63) is 30.1 Å². The molecule has 1 saturated carbocycles. The minimum absolute atomic E-state index is 0.0138. The fraction of sp³-hybridized carbons (Fsp3) is 0.588. The third-order valence-corrected chi connectivity index (χ3v) is 4.29. The number of aromatic nitrogens is 1. The van der Waals surface area contributed by atoms with Gasteiger partial charge in [-0.1, -0.05) is 0 Å². The number of methoxy groups -OCH3 is 1. The van der Waals surface area contributed by atoms with Crippen LogP contribution in [0.4, 0.5) is 0 Å². The monoisotopic (exact) mass is 319 g/mol. The van der Waals surface area contributed by atoms with Crippen LogP contribution < -0.4 is 10.6 Å². The van der Waals surface area contributed by atoms with Gasteiger partial charge < -0.3 is 15.4 Å². The van der Waals surface area contributed by atoms with Crippen molar-refractivity contribution in [1.29, 1.82) is 0 Å². The summed E-state index contributed by atoms with van der Waals surface area (Å²) in [4.78, 5) is 28.2. The van der Waals surface area contributed by atoms with Crippen molar-refractivity contribution in [2.24, 2.45) is 11.8 Å². The van der Waals surface area contributed by atoms with Gasteiger partial charge in [-0.2, -0.15) is 0 Å². The molecule has 0 saturated heterocycles. The lowest BCUT2D eigenvalue weighted by molar-refractivity contribution is -0.130. The summed E-state index contributed by atoms with van der Waals surface area (Å²) in [6, 6.07) is 3.78. The third-order valence-electron chi connectivity index (χ3n) is 4.29. The van der Waals surface area contributed by atoms with Crippen molar-refractivity contribution in [2.45, 2.75) is 32.2 Å². The van der Waals surface area contributed by atoms with Crippen LogP contribution in [0.25, 0.3) is 0 Å². The predicted molar refractivity (Wildman–Crippen MR) is 86.4 cm³/mol. The van der Waals surface area contributed by atoms with Crippen LogP contribution in [0.1, 0.15) is 31.2 Å². The van der Waals surface area contributed by atoms with Crippen molar-refractivity contribution in [1.82, 2.24) is 15.6 Å². The first-order valence-corrected chi connectivity index (χ1v) is 8.14. The van der Waals surface area contributed by atoms with Crippen molar-refractivity contribution in [3.8, 4) is 0 Å². The first-order chi connectivity index (χ1) is 11.2. The normalized spacial score (nSPS) is 20.7. The number of rotatable bonds is 7. The fourth-order valence-electron chi connectivity index (χ4n) is 2.87. The second-order valence-electron chi connectivity index (χ2n) is 5.91. The number of pyridine rings is 1. The number of nitrogens with zero attached hydrogens (tertiary/aromatic N) is 1. The van der Waals surface area contributed by atoms with E-state index in [4.69, 9.17) is 4.74 Å². The minimum Gasteiger partial charge on any atom is -0.383 e. The predicted octanol–water partition coefficient (Wildman–Crippen LogP) is 1.27. The van der Waals surface area contributed by atoms with E-state index in [2.05, 4.69) is 15.6 Å². The largest absolute Gasteiger partial charge is 0.383 e. The van der Waals surface area contributed by atoms with Crippen molar-refractivity contribution in [2.75, 3.05) is 20.3 Å². The Labute approximate surface area is 137 Å². The van der Waals surface area contributed by atoms with Gasteiger partial charge >= 0.3 is 0 Å². The number of carbonyl (C=O) groups excluding carboxylic acids is 2. The molecule has 2 amide bonds. The second kappa shape index (κ2) is 9.25. The van der Waals surface area contributed by atoms with Crippen LogP contribution in [0.3, 0.4) is 0 Å². The average molecular weight is 319 g/mol. The van der Waals surface area contributed by atoms with Gasteiger partial charge in [0.2, 0.25) is 11.8 Å². The highest BCUT2D eigenvalue weighted by atomic mass is 16.5. The molecule has 0 unspecified atom stereocenters. The maximum Gasteiger partial charge on any atom is 0.223 e. The highest BCUT2D eigenvalue weighted by Crippen LogP contribution is 2.29. The standard InChI is InChI=1S/C17H25N3O3/c1-23-11-10-19-16(21)14-2-4-15(5-3-14)17(22)20-12-13-6-8-18-9-7-13/h6-9,14-15H,2-5,10-12H2,1H3,(H,19,21)(H,20,22). The van der Waals surface area contributed by atoms with E-state index in [-0.39, 0.29) is 23.7 Å². The van der Waals surface area contributed by atoms with E-state index in [1.807, 2.05) is 12.1 Å². The zero-order valence-corrected chi connectivity index (χ0v) is 13.6. The topological polar surface area (TPSA) is 80.3 Å². The number of nitrogens with one attached hydrogen (secondary N) is 2. The summed E-state index contributed by atoms with van der Waals surface area (Å²) in [6.45, 7) is 1.60. The summed E-state index contributed by atoms with van der Waals surface area (Å²) < 4.78 is 4.92. The molecule has 6 heteroatoms. The maximum absolute atomic E-state index is 12.2. The molecule has 1 aliphatic rings. The molecule has 0 aliphatic heterocycles. The third kappa shape index (κ3) is 5.63. The molecule has 1 aromatic heterocycles. The van der Waals surface area contributed by atoms with Gasteiger partial charge in [-0.05, 0) is 43.4 Å². The van der Waals surface area contributed by atoms with Crippen LogP contribution in [0, 0.1) is 11.8 Å². The molecular formula is C17H25N3O3. The molecule has 1 heterocycles. The molecule has 23 heavy (non-hydrogen) atoms. The van der Waals surface area contributed by atoms with Crippen LogP contribution >= 0.6 is 0 Å². The molecule has 2 N–H and O–H groups in total. The Kier molecular flexibility index (Phi) is 7.00. The van der Waals surface area contributed by atoms with Gasteiger partial charge in [-0.25, -0.2) is 0 Å². The number of amides is 2. The molecule has 1 aliphatic carbocycles. The van der Waals surface area contributed by atoms with E-state index >= 15 is 0 Å². The molecule has 1 fully saturated rings. The van der Waals surface area contributed by atoms with E-state index in [0.29, 0.717) is 19.7 Å². The Morgan fingerprint density at radius 2 is 1.65 bits per heavy atom. The maximum atomic E-state index is 12.2. The molecule has 1 aromatic rings. The fourth-order valence-corrected chi connectivity index (χ4v) is 2.87. The van der Waals surface area contributed by atoms with Gasteiger partial charge in [-0.3, -0.25) is 14.6 Å². The first kappa shape index (κ1) is 17.4. The molecule has 0 bridgehead atoms. The number of hydrogen-bond acceptors (Lipinski definition) is 4. The van der Waals surface area contributed by atoms with E-state index in [1.165, 1.54) is 0 Å². The molecule has 126 valence electrons. The van der Waals surface area contributed by atoms with Gasteiger partial charge in [0.15, 0.2) is 0 Å². The highest BCUT2D eigenvalue weighted by molar-refractivity contribution is 5.81. The number of hydrogen-bond donors (Lipinski definition) is 2. The lowest BCUT2D eigenvalue weighted by Gasteiger charge is -2.27. The Morgan fingerprint density at radius 3 is 2.22 bits per heavy atom. The molecule has 6 nitrogen and oxygen atoms in total. The summed E-state index contributed by atoms with van der Waals surface area (Å²) in [7, 11) is 1.61. The van der Waals surface area contributed by atoms with Gasteiger partial charge in [0.1, 0.15) is 0 Å². The zero-order valence-electron chi connectivity index (χ0n) is 13.6. The SMILES string of the molecule is COCCNC(=O)C1CCC(C(=O)NCc2ccncc2)CC1. The van der Waals surface area contributed by atoms with Crippen LogP contribution in [-0.4, -0.2) is 37.1 Å². The lowest BCUT2D eigenvalue weighted by atomic mass is 9.81. The van der Waals surface area contributed by atoms with Gasteiger partial charge in [0.25, 0.3) is 0 Å². The quantitative estimate of drug-likeness (QED) is 0.742. The molecule has 0 aromatic carbocycles. The van der Waals surface area contributed by atoms with Gasteiger partial charge in [0.05, 0.1) is 6.61 Å². The Bertz CT molecular complexity index is 499. The Morgan fingerprint density at radius 1 is 1.09 bits per heavy atom. The van der Waals surface area contributed by atoms with Crippen LogP contribution in [-0.2, 0) is 20.9 Å². The molecule has 0 radical (unpaired) electrons. The molecular weight excluding hydrogens is 294 g/mol. The Balaban J connectivity index is 1.69. The molecule has 0 atom stereocenters. The average Bonchev–Trinajstić information content (AvgIpc) is 2.61. The van der Waals surface area contributed by atoms with Crippen LogP contribution in [0.2, 0.25) is 0 Å². The smallest absolute Gasteiger partial charge is 0.223 e. The summed E-state index contributed by atoms with van der Waals surface area (Å²) in [5, 5.41) is 5.84. The van der Waals surface area contributed by atoms with Crippen molar-refractivity contribution >= 4 is 11.8 Å². The number of ether oxygens (including phenoxy) is 1. The summed E-state index contributed by atoms with van der Waals surface area (Å²) in [6.07, 6.45) is 6.51. The summed E-state index contributed by atoms with van der Waals surface area (Å²) in [5.41, 5.74) is 1.04. The van der Waals surface area contributed by atoms with Crippen LogP contribution in [0.5, 0.6) is 0 Å². The molecule has 0 spiro atoms. The highest BCUT2D eigenvalue weighted by Gasteiger charge is 2.29. The van der Waals surface area contributed by atoms with E-state index in [0.717, 1.165) is 31.2 Å². The summed E-state index contributed by atoms with van der Waals surface area (Å²) in [5.74, 6) is 0.203. The van der Waals surface area contributed by atoms with Gasteiger partial charge in [-0.15, -0.1) is 0 Å². The van der Waals surface area contributed by atoms with Crippen molar-refractivity contribution < 1.29 is 14.3 Å². The molecule has 2 rings (SSSR count). The lowest BCUT2D eigenvalue weighted by Crippen LogP contribution is -2.38. The number of carbonyl (C=O) groups is 2. The zero-order chi connectivity index (χ0) is 16.5. The van der Waals surface area contributed by atoms with Gasteiger partial charge in [0, 0.05) is 44.4 Å². The van der Waals surface area contributed by atoms with E-state index in [9.17, 15) is 9.59 Å². The summed E-state index contributed by atoms with van der Waals surface area (Å²) >= 11 is 0. The van der Waals surface area contributed by atoms with Crippen molar-refractivity contribution in [3.63, 3.8) is 0 Å². The Hall–Kier alpha value is -1.95. The first-order valence-electron chi connectivity index (χ1n) is 8.14. The van der Waals surface area contributed by atoms with Crippen LogP contribution in [0.15, 0.2) is 24.5 Å². The van der Waals surface area contributed by atoms with E-state index < -0.39 is 0 Å². The minimum atomic E-state index is 0.0138. The van der Waals surface area contributed by atoms with E-state index in [1.54, 1.807) is 19.5 Å².